The predicted octanol–water partition coefficient (Wildman–Crippen LogP) is 2.88. The van der Waals surface area contributed by atoms with Crippen LogP contribution in [0.25, 0.3) is 0 Å². The van der Waals surface area contributed by atoms with Gasteiger partial charge >= 0.3 is 0 Å². The standard InChI is InChI=1S/C15H29NO2/c1-13(2)16-9-5-10-17-14-6-11-18-15(12-14)7-3-4-8-15/h13-14,16H,3-12H2,1-2H3. The first-order valence-corrected chi connectivity index (χ1v) is 7.69. The van der Waals surface area contributed by atoms with E-state index in [9.17, 15) is 0 Å². The van der Waals surface area contributed by atoms with Gasteiger partial charge in [0.25, 0.3) is 0 Å². The molecule has 0 bridgehead atoms. The van der Waals surface area contributed by atoms with Crippen molar-refractivity contribution in [3.8, 4) is 0 Å². The molecule has 1 unspecified atom stereocenters. The second kappa shape index (κ2) is 6.88. The largest absolute Gasteiger partial charge is 0.378 e. The zero-order chi connectivity index (χ0) is 12.8. The molecule has 2 fully saturated rings. The maximum atomic E-state index is 6.03. The quantitative estimate of drug-likeness (QED) is 0.740. The lowest BCUT2D eigenvalue weighted by molar-refractivity contribution is -0.130. The van der Waals surface area contributed by atoms with E-state index in [0.717, 1.165) is 39.0 Å². The van der Waals surface area contributed by atoms with Crippen LogP contribution in [0.15, 0.2) is 0 Å². The summed E-state index contributed by atoms with van der Waals surface area (Å²) in [6, 6.07) is 0.579. The highest BCUT2D eigenvalue weighted by atomic mass is 16.5. The van der Waals surface area contributed by atoms with Crippen molar-refractivity contribution < 1.29 is 9.47 Å². The molecule has 2 aliphatic rings. The molecule has 1 spiro atoms. The molecule has 0 aromatic heterocycles. The van der Waals surface area contributed by atoms with Gasteiger partial charge in [0.05, 0.1) is 11.7 Å². The van der Waals surface area contributed by atoms with Crippen molar-refractivity contribution in [1.29, 1.82) is 0 Å². The van der Waals surface area contributed by atoms with Gasteiger partial charge in [-0.25, -0.2) is 0 Å². The maximum absolute atomic E-state index is 6.03. The molecule has 1 N–H and O–H groups in total. The van der Waals surface area contributed by atoms with Gasteiger partial charge in [0.1, 0.15) is 0 Å². The molecule has 1 saturated carbocycles. The Labute approximate surface area is 112 Å². The van der Waals surface area contributed by atoms with Crippen LogP contribution < -0.4 is 5.32 Å². The van der Waals surface area contributed by atoms with Gasteiger partial charge in [0.15, 0.2) is 0 Å². The highest BCUT2D eigenvalue weighted by molar-refractivity contribution is 4.91. The van der Waals surface area contributed by atoms with Crippen LogP contribution in [0.2, 0.25) is 0 Å². The Morgan fingerprint density at radius 1 is 1.33 bits per heavy atom. The maximum Gasteiger partial charge on any atom is 0.0707 e. The van der Waals surface area contributed by atoms with Gasteiger partial charge < -0.3 is 14.8 Å². The summed E-state index contributed by atoms with van der Waals surface area (Å²) in [4.78, 5) is 0. The number of hydrogen-bond donors (Lipinski definition) is 1. The van der Waals surface area contributed by atoms with Gasteiger partial charge in [0, 0.05) is 25.7 Å². The minimum atomic E-state index is 0.194. The second-order valence-corrected chi connectivity index (χ2v) is 6.19. The minimum Gasteiger partial charge on any atom is -0.378 e. The molecular formula is C15H29NO2. The van der Waals surface area contributed by atoms with Gasteiger partial charge in [0.2, 0.25) is 0 Å². The molecule has 2 rings (SSSR count). The molecule has 1 atom stereocenters. The van der Waals surface area contributed by atoms with E-state index >= 15 is 0 Å². The SMILES string of the molecule is CC(C)NCCCOC1CCOC2(CCCC2)C1. The second-order valence-electron chi connectivity index (χ2n) is 6.19. The van der Waals surface area contributed by atoms with Gasteiger partial charge in [-0.15, -0.1) is 0 Å². The van der Waals surface area contributed by atoms with Crippen LogP contribution in [-0.2, 0) is 9.47 Å². The van der Waals surface area contributed by atoms with Gasteiger partial charge in [-0.05, 0) is 32.2 Å². The Morgan fingerprint density at radius 2 is 2.11 bits per heavy atom. The third kappa shape index (κ3) is 4.22. The number of hydrogen-bond acceptors (Lipinski definition) is 3. The zero-order valence-corrected chi connectivity index (χ0v) is 12.0. The lowest BCUT2D eigenvalue weighted by Crippen LogP contribution is -2.40. The summed E-state index contributed by atoms with van der Waals surface area (Å²) in [6.45, 7) is 7.22. The summed E-state index contributed by atoms with van der Waals surface area (Å²) in [6.07, 6.45) is 8.95. The number of nitrogens with one attached hydrogen (secondary N) is 1. The lowest BCUT2D eigenvalue weighted by Gasteiger charge is -2.38. The van der Waals surface area contributed by atoms with Crippen molar-refractivity contribution >= 4 is 0 Å². The normalized spacial score (nSPS) is 27.2. The van der Waals surface area contributed by atoms with E-state index in [1.54, 1.807) is 0 Å². The van der Waals surface area contributed by atoms with Crippen LogP contribution >= 0.6 is 0 Å². The monoisotopic (exact) mass is 255 g/mol. The van der Waals surface area contributed by atoms with Crippen molar-refractivity contribution in [2.75, 3.05) is 19.8 Å². The number of ether oxygens (including phenoxy) is 2. The summed E-state index contributed by atoms with van der Waals surface area (Å²) in [5.41, 5.74) is 0.194. The number of rotatable bonds is 6. The summed E-state index contributed by atoms with van der Waals surface area (Å²) in [5.74, 6) is 0. The van der Waals surface area contributed by atoms with Crippen LogP contribution in [0.4, 0.5) is 0 Å². The van der Waals surface area contributed by atoms with E-state index < -0.39 is 0 Å². The minimum absolute atomic E-state index is 0.194. The first-order valence-electron chi connectivity index (χ1n) is 7.69. The predicted molar refractivity (Wildman–Crippen MR) is 73.9 cm³/mol. The van der Waals surface area contributed by atoms with Crippen molar-refractivity contribution in [2.45, 2.75) is 76.5 Å². The van der Waals surface area contributed by atoms with Crippen LogP contribution in [-0.4, -0.2) is 37.5 Å². The van der Waals surface area contributed by atoms with Gasteiger partial charge in [-0.2, -0.15) is 0 Å². The van der Waals surface area contributed by atoms with Crippen LogP contribution in [0.1, 0.15) is 58.8 Å². The van der Waals surface area contributed by atoms with Crippen LogP contribution in [0.5, 0.6) is 0 Å². The molecule has 0 amide bonds. The molecule has 3 nitrogen and oxygen atoms in total. The van der Waals surface area contributed by atoms with Crippen molar-refractivity contribution in [3.05, 3.63) is 0 Å². The molecule has 3 heteroatoms. The Bertz CT molecular complexity index is 237. The first-order chi connectivity index (χ1) is 8.70. The van der Waals surface area contributed by atoms with Crippen molar-refractivity contribution in [3.63, 3.8) is 0 Å². The van der Waals surface area contributed by atoms with E-state index in [2.05, 4.69) is 19.2 Å². The van der Waals surface area contributed by atoms with Gasteiger partial charge in [-0.3, -0.25) is 0 Å². The Kier molecular flexibility index (Phi) is 5.46. The molecule has 106 valence electrons. The molecule has 0 radical (unpaired) electrons. The smallest absolute Gasteiger partial charge is 0.0707 e. The summed E-state index contributed by atoms with van der Waals surface area (Å²) >= 11 is 0. The lowest BCUT2D eigenvalue weighted by atomic mass is 9.90. The van der Waals surface area contributed by atoms with E-state index in [4.69, 9.17) is 9.47 Å². The molecule has 18 heavy (non-hydrogen) atoms. The van der Waals surface area contributed by atoms with Crippen molar-refractivity contribution in [2.24, 2.45) is 0 Å². The molecule has 1 aliphatic carbocycles. The van der Waals surface area contributed by atoms with Crippen molar-refractivity contribution in [1.82, 2.24) is 5.32 Å². The fraction of sp³-hybridized carbons (Fsp3) is 1.00. The molecule has 1 aliphatic heterocycles. The average Bonchev–Trinajstić information content (AvgIpc) is 2.76. The zero-order valence-electron chi connectivity index (χ0n) is 12.0. The van der Waals surface area contributed by atoms with Gasteiger partial charge in [-0.1, -0.05) is 26.7 Å². The molecule has 1 heterocycles. The summed E-state index contributed by atoms with van der Waals surface area (Å²) in [7, 11) is 0. The summed E-state index contributed by atoms with van der Waals surface area (Å²) < 4.78 is 12.1. The molecule has 1 saturated heterocycles. The average molecular weight is 255 g/mol. The first kappa shape index (κ1) is 14.3. The summed E-state index contributed by atoms with van der Waals surface area (Å²) in [5, 5.41) is 3.43. The van der Waals surface area contributed by atoms with Crippen LogP contribution in [0.3, 0.4) is 0 Å². The van der Waals surface area contributed by atoms with E-state index in [1.807, 2.05) is 0 Å². The topological polar surface area (TPSA) is 30.5 Å². The Hall–Kier alpha value is -0.120. The van der Waals surface area contributed by atoms with E-state index in [1.165, 1.54) is 25.7 Å². The molecular weight excluding hydrogens is 226 g/mol. The molecule has 0 aromatic carbocycles. The third-order valence-corrected chi connectivity index (χ3v) is 4.19. The van der Waals surface area contributed by atoms with E-state index in [-0.39, 0.29) is 5.60 Å². The highest BCUT2D eigenvalue weighted by Gasteiger charge is 2.40. The Balaban J connectivity index is 1.61. The highest BCUT2D eigenvalue weighted by Crippen LogP contribution is 2.40. The Morgan fingerprint density at radius 3 is 2.83 bits per heavy atom. The fourth-order valence-electron chi connectivity index (χ4n) is 3.21. The third-order valence-electron chi connectivity index (χ3n) is 4.19. The van der Waals surface area contributed by atoms with Crippen LogP contribution in [0, 0.1) is 0 Å². The molecule has 0 aromatic rings. The van der Waals surface area contributed by atoms with E-state index in [0.29, 0.717) is 12.1 Å². The fourth-order valence-corrected chi connectivity index (χ4v) is 3.21.